The zero-order chi connectivity index (χ0) is 12.0. The highest BCUT2D eigenvalue weighted by molar-refractivity contribution is 6.19. The number of nitrogens with zero attached hydrogens (tertiary/aromatic N) is 1. The van der Waals surface area contributed by atoms with Gasteiger partial charge in [-0.2, -0.15) is 5.26 Å². The minimum atomic E-state index is 0.518. The number of methoxy groups -OCH3 is 1. The van der Waals surface area contributed by atoms with E-state index in [2.05, 4.69) is 13.0 Å². The van der Waals surface area contributed by atoms with Gasteiger partial charge in [-0.3, -0.25) is 0 Å². The number of hydrogen-bond acceptors (Lipinski definition) is 2. The molecule has 1 aromatic carbocycles. The molecule has 0 bridgehead atoms. The molecule has 0 aliphatic heterocycles. The number of halogens is 1. The van der Waals surface area contributed by atoms with Crippen molar-refractivity contribution < 1.29 is 4.74 Å². The Balaban J connectivity index is 3.09. The van der Waals surface area contributed by atoms with Crippen molar-refractivity contribution in [2.45, 2.75) is 13.3 Å². The highest BCUT2D eigenvalue weighted by Gasteiger charge is 2.02. The zero-order valence-electron chi connectivity index (χ0n) is 9.46. The van der Waals surface area contributed by atoms with Gasteiger partial charge >= 0.3 is 0 Å². The molecule has 16 heavy (non-hydrogen) atoms. The average Bonchev–Trinajstić information content (AvgIpc) is 2.35. The summed E-state index contributed by atoms with van der Waals surface area (Å²) in [5.41, 5.74) is 2.67. The Morgan fingerprint density at radius 2 is 2.31 bits per heavy atom. The molecule has 1 rings (SSSR count). The second-order valence-electron chi connectivity index (χ2n) is 3.36. The second-order valence-corrected chi connectivity index (χ2v) is 3.63. The number of nitriles is 1. The van der Waals surface area contributed by atoms with Crippen LogP contribution in [0.25, 0.3) is 6.08 Å². The van der Waals surface area contributed by atoms with Crippen LogP contribution in [-0.4, -0.2) is 13.0 Å². The first-order valence-corrected chi connectivity index (χ1v) is 5.62. The van der Waals surface area contributed by atoms with Crippen LogP contribution in [0.15, 0.2) is 23.8 Å². The lowest BCUT2D eigenvalue weighted by Crippen LogP contribution is -1.89. The summed E-state index contributed by atoms with van der Waals surface area (Å²) in [6, 6.07) is 7.63. The average molecular weight is 236 g/mol. The molecular weight excluding hydrogens is 222 g/mol. The molecule has 0 saturated carbocycles. The Morgan fingerprint density at radius 1 is 1.56 bits per heavy atom. The predicted molar refractivity (Wildman–Crippen MR) is 66.7 cm³/mol. The molecule has 0 heterocycles. The maximum atomic E-state index is 8.95. The van der Waals surface area contributed by atoms with Gasteiger partial charge in [-0.1, -0.05) is 24.6 Å². The molecule has 0 unspecified atom stereocenters. The Hall–Kier alpha value is -1.46. The summed E-state index contributed by atoms with van der Waals surface area (Å²) < 4.78 is 5.08. The highest BCUT2D eigenvalue weighted by Crippen LogP contribution is 2.21. The quantitative estimate of drug-likeness (QED) is 0.747. The monoisotopic (exact) mass is 235 g/mol. The summed E-state index contributed by atoms with van der Waals surface area (Å²) in [7, 11) is 1.56. The Morgan fingerprint density at radius 3 is 2.81 bits per heavy atom. The molecule has 0 fully saturated rings. The molecule has 0 saturated heterocycles. The van der Waals surface area contributed by atoms with E-state index in [0.29, 0.717) is 17.2 Å². The van der Waals surface area contributed by atoms with Gasteiger partial charge in [-0.25, -0.2) is 0 Å². The van der Waals surface area contributed by atoms with Gasteiger partial charge in [0.25, 0.3) is 0 Å². The first-order chi connectivity index (χ1) is 7.74. The minimum Gasteiger partial charge on any atom is -0.495 e. The molecule has 3 heteroatoms. The number of allylic oxidation sites excluding steroid dienone is 1. The number of hydrogen-bond donors (Lipinski definition) is 0. The molecule has 0 aromatic heterocycles. The molecule has 84 valence electrons. The third kappa shape index (κ3) is 3.01. The molecular formula is C13H14ClNO. The van der Waals surface area contributed by atoms with Crippen molar-refractivity contribution in [1.82, 2.24) is 0 Å². The molecule has 0 aliphatic rings. The van der Waals surface area contributed by atoms with Gasteiger partial charge in [-0.15, -0.1) is 11.6 Å². The largest absolute Gasteiger partial charge is 0.495 e. The molecule has 0 aliphatic carbocycles. The van der Waals surface area contributed by atoms with Gasteiger partial charge in [0.2, 0.25) is 0 Å². The van der Waals surface area contributed by atoms with Gasteiger partial charge in [0, 0.05) is 5.88 Å². The van der Waals surface area contributed by atoms with Crippen molar-refractivity contribution in [2.75, 3.05) is 13.0 Å². The first kappa shape index (κ1) is 12.6. The fourth-order valence-corrected chi connectivity index (χ4v) is 1.64. The van der Waals surface area contributed by atoms with E-state index in [1.165, 1.54) is 0 Å². The molecule has 0 N–H and O–H groups in total. The number of benzene rings is 1. The maximum Gasteiger partial charge on any atom is 0.136 e. The van der Waals surface area contributed by atoms with Gasteiger partial charge in [0.15, 0.2) is 0 Å². The fraction of sp³-hybridized carbons (Fsp3) is 0.308. The molecule has 0 amide bonds. The van der Waals surface area contributed by atoms with Crippen molar-refractivity contribution in [1.29, 1.82) is 5.26 Å². The van der Waals surface area contributed by atoms with E-state index in [1.54, 1.807) is 19.2 Å². The van der Waals surface area contributed by atoms with E-state index in [1.807, 2.05) is 12.1 Å². The summed E-state index contributed by atoms with van der Waals surface area (Å²) in [5, 5.41) is 8.95. The smallest absolute Gasteiger partial charge is 0.136 e. The Bertz CT molecular complexity index is 426. The van der Waals surface area contributed by atoms with Gasteiger partial charge in [0.1, 0.15) is 11.8 Å². The summed E-state index contributed by atoms with van der Waals surface area (Å²) in [5.74, 6) is 1.12. The van der Waals surface area contributed by atoms with Crippen LogP contribution >= 0.6 is 11.6 Å². The van der Waals surface area contributed by atoms with E-state index in [9.17, 15) is 0 Å². The van der Waals surface area contributed by atoms with Crippen molar-refractivity contribution in [3.05, 3.63) is 34.9 Å². The van der Waals surface area contributed by atoms with Crippen LogP contribution in [0.1, 0.15) is 24.5 Å². The van der Waals surface area contributed by atoms with E-state index >= 15 is 0 Å². The maximum absolute atomic E-state index is 8.95. The topological polar surface area (TPSA) is 33.0 Å². The van der Waals surface area contributed by atoms with Gasteiger partial charge in [-0.05, 0) is 24.1 Å². The van der Waals surface area contributed by atoms with Crippen LogP contribution in [0.4, 0.5) is 0 Å². The Kier molecular flexibility index (Phi) is 4.88. The summed E-state index contributed by atoms with van der Waals surface area (Å²) >= 11 is 5.79. The molecule has 0 atom stereocenters. The van der Waals surface area contributed by atoms with Crippen LogP contribution < -0.4 is 4.74 Å². The van der Waals surface area contributed by atoms with E-state index < -0.39 is 0 Å². The molecule has 2 nitrogen and oxygen atoms in total. The highest BCUT2D eigenvalue weighted by atomic mass is 35.5. The van der Waals surface area contributed by atoms with Crippen molar-refractivity contribution in [3.63, 3.8) is 0 Å². The summed E-state index contributed by atoms with van der Waals surface area (Å²) in [4.78, 5) is 0. The van der Waals surface area contributed by atoms with E-state index in [0.717, 1.165) is 17.6 Å². The molecule has 0 radical (unpaired) electrons. The third-order valence-electron chi connectivity index (χ3n) is 2.34. The lowest BCUT2D eigenvalue weighted by atomic mass is 10.1. The minimum absolute atomic E-state index is 0.518. The third-order valence-corrected chi connectivity index (χ3v) is 2.68. The number of ether oxygens (including phenoxy) is 1. The van der Waals surface area contributed by atoms with Gasteiger partial charge < -0.3 is 4.74 Å². The Labute approximate surface area is 101 Å². The fourth-order valence-electron chi connectivity index (χ4n) is 1.37. The normalized spacial score (nSPS) is 11.0. The molecule has 1 aromatic rings. The lowest BCUT2D eigenvalue weighted by molar-refractivity contribution is 0.413. The van der Waals surface area contributed by atoms with E-state index in [-0.39, 0.29) is 0 Å². The number of alkyl halides is 1. The van der Waals surface area contributed by atoms with Crippen molar-refractivity contribution in [2.24, 2.45) is 0 Å². The SMILES string of the molecule is CCC(=Cc1ccc(OC)c(C#N)c1)CCl. The zero-order valence-corrected chi connectivity index (χ0v) is 10.2. The summed E-state index contributed by atoms with van der Waals surface area (Å²) in [6.07, 6.45) is 2.92. The predicted octanol–water partition coefficient (Wildman–Crippen LogP) is 3.60. The van der Waals surface area contributed by atoms with Crippen LogP contribution in [0.5, 0.6) is 5.75 Å². The standard InChI is InChI=1S/C13H14ClNO/c1-3-10(8-14)6-11-4-5-13(16-2)12(7-11)9-15/h4-7H,3,8H2,1-2H3. The van der Waals surface area contributed by atoms with Crippen LogP contribution in [0, 0.1) is 11.3 Å². The first-order valence-electron chi connectivity index (χ1n) is 5.08. The van der Waals surface area contributed by atoms with E-state index in [4.69, 9.17) is 21.6 Å². The second kappa shape index (κ2) is 6.19. The van der Waals surface area contributed by atoms with Crippen molar-refractivity contribution in [3.8, 4) is 11.8 Å². The van der Waals surface area contributed by atoms with Crippen LogP contribution in [0.2, 0.25) is 0 Å². The molecule has 0 spiro atoms. The van der Waals surface area contributed by atoms with Crippen LogP contribution in [-0.2, 0) is 0 Å². The number of rotatable bonds is 4. The lowest BCUT2D eigenvalue weighted by Gasteiger charge is -2.04. The van der Waals surface area contributed by atoms with Crippen molar-refractivity contribution >= 4 is 17.7 Å². The summed E-state index contributed by atoms with van der Waals surface area (Å²) in [6.45, 7) is 2.06. The van der Waals surface area contributed by atoms with Crippen LogP contribution in [0.3, 0.4) is 0 Å². The van der Waals surface area contributed by atoms with Gasteiger partial charge in [0.05, 0.1) is 12.7 Å².